The smallest absolute Gasteiger partial charge is 0.255 e. The predicted molar refractivity (Wildman–Crippen MR) is 101 cm³/mol. The van der Waals surface area contributed by atoms with Gasteiger partial charge in [0, 0.05) is 18.7 Å². The molecule has 8 heteroatoms. The second-order valence-electron chi connectivity index (χ2n) is 8.00. The number of nitrogens with one attached hydrogen (secondary N) is 1. The number of likely N-dealkylation sites (tertiary alicyclic amines) is 1. The van der Waals surface area contributed by atoms with Crippen LogP contribution in [0, 0.1) is 25.7 Å². The maximum atomic E-state index is 13.1. The highest BCUT2D eigenvalue weighted by molar-refractivity contribution is 7.91. The van der Waals surface area contributed by atoms with Gasteiger partial charge in [0.1, 0.15) is 5.76 Å². The van der Waals surface area contributed by atoms with Crippen LogP contribution in [0.3, 0.4) is 0 Å². The summed E-state index contributed by atoms with van der Waals surface area (Å²) in [6.45, 7) is 6.86. The van der Waals surface area contributed by atoms with Crippen LogP contribution in [0.1, 0.15) is 47.9 Å². The summed E-state index contributed by atoms with van der Waals surface area (Å²) < 4.78 is 29.7. The normalized spacial score (nSPS) is 28.0. The van der Waals surface area contributed by atoms with E-state index in [1.54, 1.807) is 18.7 Å². The van der Waals surface area contributed by atoms with Gasteiger partial charge in [0.25, 0.3) is 5.91 Å². The zero-order chi connectivity index (χ0) is 19.8. The highest BCUT2D eigenvalue weighted by Crippen LogP contribution is 2.25. The third-order valence-electron chi connectivity index (χ3n) is 5.59. The standard InChI is InChI=1S/C19H28N2O5S/c1-12-6-4-5-7-21(8-12)19(23)15-10-27(24,25)11-16(15)20-18(22)17-13(2)9-26-14(17)3/h9,12,15-16H,4-8,10-11H2,1-3H3,(H,20,22)/t12?,15-,16-/m1/s1. The van der Waals surface area contributed by atoms with Gasteiger partial charge >= 0.3 is 0 Å². The van der Waals surface area contributed by atoms with Gasteiger partial charge in [0.2, 0.25) is 5.91 Å². The van der Waals surface area contributed by atoms with Gasteiger partial charge in [-0.05, 0) is 32.6 Å². The Morgan fingerprint density at radius 2 is 1.96 bits per heavy atom. The van der Waals surface area contributed by atoms with Gasteiger partial charge in [-0.15, -0.1) is 0 Å². The molecule has 2 aliphatic heterocycles. The van der Waals surface area contributed by atoms with Crippen molar-refractivity contribution in [3.05, 3.63) is 23.2 Å². The molecule has 2 amide bonds. The Kier molecular flexibility index (Phi) is 5.65. The fourth-order valence-corrected chi connectivity index (χ4v) is 6.09. The van der Waals surface area contributed by atoms with Crippen molar-refractivity contribution in [1.29, 1.82) is 0 Å². The van der Waals surface area contributed by atoms with Crippen LogP contribution < -0.4 is 5.32 Å². The Morgan fingerprint density at radius 3 is 2.63 bits per heavy atom. The van der Waals surface area contributed by atoms with Crippen molar-refractivity contribution >= 4 is 21.7 Å². The summed E-state index contributed by atoms with van der Waals surface area (Å²) in [4.78, 5) is 27.6. The molecule has 2 aliphatic rings. The molecule has 0 saturated carbocycles. The monoisotopic (exact) mass is 396 g/mol. The van der Waals surface area contributed by atoms with Crippen LogP contribution in [0.15, 0.2) is 10.7 Å². The first-order chi connectivity index (χ1) is 12.7. The lowest BCUT2D eigenvalue weighted by Gasteiger charge is -2.28. The fraction of sp³-hybridized carbons (Fsp3) is 0.684. The third-order valence-corrected chi connectivity index (χ3v) is 7.32. The Balaban J connectivity index is 1.78. The lowest BCUT2D eigenvalue weighted by Crippen LogP contribution is -2.48. The van der Waals surface area contributed by atoms with Crippen molar-refractivity contribution in [3.8, 4) is 0 Å². The molecule has 3 atom stereocenters. The lowest BCUT2D eigenvalue weighted by molar-refractivity contribution is -0.135. The maximum absolute atomic E-state index is 13.1. The lowest BCUT2D eigenvalue weighted by atomic mass is 10.00. The molecule has 1 unspecified atom stereocenters. The Bertz CT molecular complexity index is 810. The second-order valence-corrected chi connectivity index (χ2v) is 10.2. The number of amides is 2. The molecule has 1 aromatic heterocycles. The van der Waals surface area contributed by atoms with E-state index in [2.05, 4.69) is 12.2 Å². The maximum Gasteiger partial charge on any atom is 0.255 e. The van der Waals surface area contributed by atoms with E-state index in [1.807, 2.05) is 0 Å². The minimum atomic E-state index is -3.37. The van der Waals surface area contributed by atoms with E-state index >= 15 is 0 Å². The number of aryl methyl sites for hydroxylation is 2. The highest BCUT2D eigenvalue weighted by Gasteiger charge is 2.44. The molecule has 0 spiro atoms. The molecule has 2 saturated heterocycles. The van der Waals surface area contributed by atoms with Crippen LogP contribution in [0.5, 0.6) is 0 Å². The summed E-state index contributed by atoms with van der Waals surface area (Å²) >= 11 is 0. The van der Waals surface area contributed by atoms with Crippen molar-refractivity contribution < 1.29 is 22.4 Å². The minimum Gasteiger partial charge on any atom is -0.469 e. The van der Waals surface area contributed by atoms with Crippen LogP contribution in [-0.4, -0.2) is 55.8 Å². The quantitative estimate of drug-likeness (QED) is 0.839. The van der Waals surface area contributed by atoms with Crippen molar-refractivity contribution in [2.45, 2.75) is 46.1 Å². The molecule has 2 fully saturated rings. The number of carbonyl (C=O) groups excluding carboxylic acids is 2. The number of hydrogen-bond donors (Lipinski definition) is 1. The summed E-state index contributed by atoms with van der Waals surface area (Å²) in [5.74, 6) is -0.788. The molecule has 3 heterocycles. The Hall–Kier alpha value is -1.83. The molecule has 3 rings (SSSR count). The molecule has 0 radical (unpaired) electrons. The topological polar surface area (TPSA) is 96.7 Å². The summed E-state index contributed by atoms with van der Waals surface area (Å²) in [6.07, 6.45) is 4.58. The number of sulfone groups is 1. The zero-order valence-corrected chi connectivity index (χ0v) is 17.0. The summed E-state index contributed by atoms with van der Waals surface area (Å²) in [5.41, 5.74) is 1.10. The van der Waals surface area contributed by atoms with E-state index in [4.69, 9.17) is 4.42 Å². The van der Waals surface area contributed by atoms with Crippen LogP contribution in [0.2, 0.25) is 0 Å². The molecular weight excluding hydrogens is 368 g/mol. The molecule has 27 heavy (non-hydrogen) atoms. The number of hydrogen-bond acceptors (Lipinski definition) is 5. The summed E-state index contributed by atoms with van der Waals surface area (Å²) in [7, 11) is -3.37. The molecule has 0 bridgehead atoms. The van der Waals surface area contributed by atoms with Crippen LogP contribution in [0.25, 0.3) is 0 Å². The van der Waals surface area contributed by atoms with Crippen molar-refractivity contribution in [1.82, 2.24) is 10.2 Å². The van der Waals surface area contributed by atoms with Crippen LogP contribution in [0.4, 0.5) is 0 Å². The predicted octanol–water partition coefficient (Wildman–Crippen LogP) is 1.69. The number of furan rings is 1. The van der Waals surface area contributed by atoms with Gasteiger partial charge in [0.15, 0.2) is 9.84 Å². The Morgan fingerprint density at radius 1 is 1.22 bits per heavy atom. The van der Waals surface area contributed by atoms with Crippen molar-refractivity contribution in [2.24, 2.45) is 11.8 Å². The number of nitrogens with zero attached hydrogens (tertiary/aromatic N) is 1. The fourth-order valence-electron chi connectivity index (χ4n) is 4.17. The SMILES string of the molecule is Cc1coc(C)c1C(=O)N[C@@H]1CS(=O)(=O)C[C@H]1C(=O)N1CCCCC(C)C1. The second kappa shape index (κ2) is 7.66. The average Bonchev–Trinajstić information content (AvgIpc) is 2.97. The van der Waals surface area contributed by atoms with Crippen LogP contribution in [-0.2, 0) is 14.6 Å². The van der Waals surface area contributed by atoms with E-state index < -0.39 is 21.8 Å². The Labute approximate surface area is 160 Å². The molecule has 0 aromatic carbocycles. The van der Waals surface area contributed by atoms with Gasteiger partial charge in [-0.2, -0.15) is 0 Å². The molecule has 150 valence electrons. The molecule has 1 aromatic rings. The van der Waals surface area contributed by atoms with Crippen molar-refractivity contribution in [3.63, 3.8) is 0 Å². The van der Waals surface area contributed by atoms with Gasteiger partial charge in [-0.3, -0.25) is 9.59 Å². The highest BCUT2D eigenvalue weighted by atomic mass is 32.2. The van der Waals surface area contributed by atoms with Gasteiger partial charge in [-0.1, -0.05) is 13.3 Å². The third kappa shape index (κ3) is 4.36. The summed E-state index contributed by atoms with van der Waals surface area (Å²) in [6, 6.07) is -0.706. The van der Waals surface area contributed by atoms with Gasteiger partial charge in [-0.25, -0.2) is 8.42 Å². The van der Waals surface area contributed by atoms with E-state index in [0.717, 1.165) is 19.3 Å². The first-order valence-electron chi connectivity index (χ1n) is 9.52. The van der Waals surface area contributed by atoms with E-state index in [0.29, 0.717) is 35.9 Å². The van der Waals surface area contributed by atoms with Crippen molar-refractivity contribution in [2.75, 3.05) is 24.6 Å². The number of carbonyl (C=O) groups is 2. The van der Waals surface area contributed by atoms with Gasteiger partial charge < -0.3 is 14.6 Å². The first kappa shape index (κ1) is 19.9. The largest absolute Gasteiger partial charge is 0.469 e. The zero-order valence-electron chi connectivity index (χ0n) is 16.2. The van der Waals surface area contributed by atoms with Gasteiger partial charge in [0.05, 0.1) is 35.3 Å². The van der Waals surface area contributed by atoms with Crippen LogP contribution >= 0.6 is 0 Å². The molecule has 0 aliphatic carbocycles. The molecular formula is C19H28N2O5S. The molecule has 1 N–H and O–H groups in total. The minimum absolute atomic E-state index is 0.157. The molecule has 7 nitrogen and oxygen atoms in total. The number of rotatable bonds is 3. The van der Waals surface area contributed by atoms with E-state index in [1.165, 1.54) is 6.26 Å². The summed E-state index contributed by atoms with van der Waals surface area (Å²) in [5, 5.41) is 2.79. The van der Waals surface area contributed by atoms with E-state index in [9.17, 15) is 18.0 Å². The average molecular weight is 397 g/mol. The van der Waals surface area contributed by atoms with E-state index in [-0.39, 0.29) is 23.3 Å². The first-order valence-corrected chi connectivity index (χ1v) is 11.3.